The van der Waals surface area contributed by atoms with Gasteiger partial charge in [0.05, 0.1) is 30.8 Å². The number of hydrogen-bond acceptors (Lipinski definition) is 4. The van der Waals surface area contributed by atoms with Crippen molar-refractivity contribution in [2.24, 2.45) is 0 Å². The van der Waals surface area contributed by atoms with Crippen LogP contribution in [0.4, 0.5) is 0 Å². The Morgan fingerprint density at radius 3 is 2.52 bits per heavy atom. The minimum absolute atomic E-state index is 0.0290. The van der Waals surface area contributed by atoms with E-state index in [4.69, 9.17) is 4.74 Å². The Morgan fingerprint density at radius 2 is 1.87 bits per heavy atom. The van der Waals surface area contributed by atoms with Crippen molar-refractivity contribution in [1.82, 2.24) is 10.2 Å². The summed E-state index contributed by atoms with van der Waals surface area (Å²) in [4.78, 5) is 25.7. The van der Waals surface area contributed by atoms with Gasteiger partial charge in [-0.2, -0.15) is 0 Å². The predicted octanol–water partition coefficient (Wildman–Crippen LogP) is 1.76. The third-order valence-electron chi connectivity index (χ3n) is 3.78. The second-order valence-corrected chi connectivity index (χ2v) is 6.67. The smallest absolute Gasteiger partial charge is 0.232 e. The molecule has 5 nitrogen and oxygen atoms in total. The average Bonchev–Trinajstić information content (AvgIpc) is 2.56. The Labute approximate surface area is 141 Å². The average molecular weight is 336 g/mol. The van der Waals surface area contributed by atoms with Crippen LogP contribution in [0.25, 0.3) is 0 Å². The van der Waals surface area contributed by atoms with Crippen LogP contribution in [0.15, 0.2) is 24.3 Å². The monoisotopic (exact) mass is 336 g/mol. The van der Waals surface area contributed by atoms with Gasteiger partial charge in [-0.15, -0.1) is 11.8 Å². The van der Waals surface area contributed by atoms with E-state index in [0.717, 1.165) is 5.56 Å². The topological polar surface area (TPSA) is 58.6 Å². The Kier molecular flexibility index (Phi) is 6.92. The molecule has 1 atom stereocenters. The highest BCUT2D eigenvalue weighted by Gasteiger charge is 2.17. The molecule has 126 valence electrons. The van der Waals surface area contributed by atoms with Crippen LogP contribution in [0.3, 0.4) is 0 Å². The summed E-state index contributed by atoms with van der Waals surface area (Å²) >= 11 is 1.36. The number of rotatable bonds is 6. The Balaban J connectivity index is 1.68. The largest absolute Gasteiger partial charge is 0.378 e. The number of thioether (sulfide) groups is 1. The van der Waals surface area contributed by atoms with Crippen LogP contribution in [0, 0.1) is 6.92 Å². The minimum Gasteiger partial charge on any atom is -0.378 e. The second kappa shape index (κ2) is 8.93. The van der Waals surface area contributed by atoms with E-state index in [-0.39, 0.29) is 17.9 Å². The summed E-state index contributed by atoms with van der Waals surface area (Å²) in [6.45, 7) is 6.50. The number of nitrogens with zero attached hydrogens (tertiary/aromatic N) is 1. The number of aryl methyl sites for hydroxylation is 1. The highest BCUT2D eigenvalue weighted by Crippen LogP contribution is 2.13. The normalized spacial score (nSPS) is 16.0. The SMILES string of the molecule is Cc1ccc(C(C)NC(=O)CSCC(=O)N2CCOCC2)cc1. The van der Waals surface area contributed by atoms with Crippen LogP contribution in [0.1, 0.15) is 24.1 Å². The molecule has 0 spiro atoms. The fourth-order valence-electron chi connectivity index (χ4n) is 2.36. The molecule has 1 fully saturated rings. The molecule has 1 aromatic carbocycles. The summed E-state index contributed by atoms with van der Waals surface area (Å²) in [5, 5.41) is 2.96. The first kappa shape index (κ1) is 17.8. The van der Waals surface area contributed by atoms with Crippen molar-refractivity contribution in [2.75, 3.05) is 37.8 Å². The van der Waals surface area contributed by atoms with E-state index in [1.807, 2.05) is 38.1 Å². The summed E-state index contributed by atoms with van der Waals surface area (Å²) in [6, 6.07) is 8.09. The van der Waals surface area contributed by atoms with Crippen molar-refractivity contribution < 1.29 is 14.3 Å². The van der Waals surface area contributed by atoms with E-state index in [9.17, 15) is 9.59 Å². The first-order valence-corrected chi connectivity index (χ1v) is 9.01. The van der Waals surface area contributed by atoms with Gasteiger partial charge in [0, 0.05) is 13.1 Å². The minimum atomic E-state index is -0.0437. The molecule has 1 N–H and O–H groups in total. The zero-order valence-electron chi connectivity index (χ0n) is 13.7. The highest BCUT2D eigenvalue weighted by molar-refractivity contribution is 8.00. The van der Waals surface area contributed by atoms with Gasteiger partial charge < -0.3 is 15.0 Å². The number of nitrogens with one attached hydrogen (secondary N) is 1. The molecule has 23 heavy (non-hydrogen) atoms. The zero-order valence-corrected chi connectivity index (χ0v) is 14.5. The summed E-state index contributed by atoms with van der Waals surface area (Å²) < 4.78 is 5.22. The molecule has 1 unspecified atom stereocenters. The molecule has 6 heteroatoms. The van der Waals surface area contributed by atoms with Gasteiger partial charge in [-0.1, -0.05) is 29.8 Å². The molecular formula is C17H24N2O3S. The van der Waals surface area contributed by atoms with Gasteiger partial charge >= 0.3 is 0 Å². The zero-order chi connectivity index (χ0) is 16.7. The van der Waals surface area contributed by atoms with Crippen molar-refractivity contribution in [2.45, 2.75) is 19.9 Å². The summed E-state index contributed by atoms with van der Waals surface area (Å²) in [5.41, 5.74) is 2.28. The summed E-state index contributed by atoms with van der Waals surface area (Å²) in [6.07, 6.45) is 0. The second-order valence-electron chi connectivity index (χ2n) is 5.69. The van der Waals surface area contributed by atoms with E-state index >= 15 is 0 Å². The van der Waals surface area contributed by atoms with E-state index in [2.05, 4.69) is 5.32 Å². The standard InChI is InChI=1S/C17H24N2O3S/c1-13-3-5-15(6-4-13)14(2)18-16(20)11-23-12-17(21)19-7-9-22-10-8-19/h3-6,14H,7-12H2,1-2H3,(H,18,20). The van der Waals surface area contributed by atoms with Gasteiger partial charge in [-0.25, -0.2) is 0 Å². The molecule has 0 aromatic heterocycles. The lowest BCUT2D eigenvalue weighted by molar-refractivity contribution is -0.132. The van der Waals surface area contributed by atoms with Gasteiger partial charge in [-0.05, 0) is 19.4 Å². The Morgan fingerprint density at radius 1 is 1.22 bits per heavy atom. The van der Waals surface area contributed by atoms with Gasteiger partial charge in [0.1, 0.15) is 0 Å². The molecule has 0 aliphatic carbocycles. The first-order valence-electron chi connectivity index (χ1n) is 7.85. The third-order valence-corrected chi connectivity index (χ3v) is 4.69. The van der Waals surface area contributed by atoms with Crippen LogP contribution < -0.4 is 5.32 Å². The fraction of sp³-hybridized carbons (Fsp3) is 0.529. The number of carbonyl (C=O) groups is 2. The number of ether oxygens (including phenoxy) is 1. The van der Waals surface area contributed by atoms with Crippen LogP contribution in [-0.4, -0.2) is 54.5 Å². The van der Waals surface area contributed by atoms with E-state index < -0.39 is 0 Å². The predicted molar refractivity (Wildman–Crippen MR) is 92.5 cm³/mol. The van der Waals surface area contributed by atoms with Crippen LogP contribution in [-0.2, 0) is 14.3 Å². The molecule has 2 rings (SSSR count). The van der Waals surface area contributed by atoms with E-state index in [0.29, 0.717) is 37.8 Å². The molecule has 1 saturated heterocycles. The van der Waals surface area contributed by atoms with Crippen LogP contribution in [0.2, 0.25) is 0 Å². The highest BCUT2D eigenvalue weighted by atomic mass is 32.2. The molecular weight excluding hydrogens is 312 g/mol. The third kappa shape index (κ3) is 5.88. The Hall–Kier alpha value is -1.53. The number of hydrogen-bond donors (Lipinski definition) is 1. The van der Waals surface area contributed by atoms with Gasteiger partial charge in [-0.3, -0.25) is 9.59 Å². The quantitative estimate of drug-likeness (QED) is 0.860. The molecule has 0 bridgehead atoms. The van der Waals surface area contributed by atoms with Gasteiger partial charge in [0.15, 0.2) is 0 Å². The summed E-state index contributed by atoms with van der Waals surface area (Å²) in [5.74, 6) is 0.675. The lowest BCUT2D eigenvalue weighted by Crippen LogP contribution is -2.41. The lowest BCUT2D eigenvalue weighted by atomic mass is 10.1. The van der Waals surface area contributed by atoms with Gasteiger partial charge in [0.2, 0.25) is 11.8 Å². The molecule has 2 amide bonds. The van der Waals surface area contributed by atoms with Crippen LogP contribution in [0.5, 0.6) is 0 Å². The molecule has 1 heterocycles. The maximum atomic E-state index is 12.0. The van der Waals surface area contributed by atoms with Crippen molar-refractivity contribution in [3.63, 3.8) is 0 Å². The van der Waals surface area contributed by atoms with Crippen molar-refractivity contribution in [3.8, 4) is 0 Å². The van der Waals surface area contributed by atoms with Crippen molar-refractivity contribution in [3.05, 3.63) is 35.4 Å². The van der Waals surface area contributed by atoms with Gasteiger partial charge in [0.25, 0.3) is 0 Å². The van der Waals surface area contributed by atoms with E-state index in [1.54, 1.807) is 4.90 Å². The number of amides is 2. The van der Waals surface area contributed by atoms with E-state index in [1.165, 1.54) is 17.3 Å². The lowest BCUT2D eigenvalue weighted by Gasteiger charge is -2.26. The maximum absolute atomic E-state index is 12.0. The molecule has 1 aliphatic heterocycles. The number of benzene rings is 1. The van der Waals surface area contributed by atoms with Crippen molar-refractivity contribution in [1.29, 1.82) is 0 Å². The van der Waals surface area contributed by atoms with Crippen LogP contribution >= 0.6 is 11.8 Å². The molecule has 0 radical (unpaired) electrons. The number of carbonyl (C=O) groups excluding carboxylic acids is 2. The molecule has 0 saturated carbocycles. The first-order chi connectivity index (χ1) is 11.1. The Bertz CT molecular complexity index is 527. The molecule has 1 aromatic rings. The number of morpholine rings is 1. The summed E-state index contributed by atoms with van der Waals surface area (Å²) in [7, 11) is 0. The fourth-order valence-corrected chi connectivity index (χ4v) is 3.08. The molecule has 1 aliphatic rings. The maximum Gasteiger partial charge on any atom is 0.232 e. The van der Waals surface area contributed by atoms with Crippen molar-refractivity contribution >= 4 is 23.6 Å².